The van der Waals surface area contributed by atoms with E-state index in [1.54, 1.807) is 17.7 Å². The quantitative estimate of drug-likeness (QED) is 0.563. The molecule has 1 aromatic carbocycles. The Hall–Kier alpha value is -2.88. The highest BCUT2D eigenvalue weighted by Crippen LogP contribution is 2.37. The Labute approximate surface area is 160 Å². The number of carbonyl (C=O) groups excluding carboxylic acids is 1. The Bertz CT molecular complexity index is 1210. The van der Waals surface area contributed by atoms with E-state index in [-0.39, 0.29) is 11.9 Å². The number of fused-ring (bicyclic) bond motifs is 3. The highest BCUT2D eigenvalue weighted by Gasteiger charge is 2.30. The lowest BCUT2D eigenvalue weighted by Crippen LogP contribution is -2.24. The van der Waals surface area contributed by atoms with Crippen molar-refractivity contribution >= 4 is 38.6 Å². The summed E-state index contributed by atoms with van der Waals surface area (Å²) in [4.78, 5) is 14.4. The van der Waals surface area contributed by atoms with Crippen molar-refractivity contribution in [2.24, 2.45) is 7.05 Å². The molecule has 0 spiro atoms. The van der Waals surface area contributed by atoms with Crippen LogP contribution in [-0.2, 0) is 13.2 Å². The second-order valence-electron chi connectivity index (χ2n) is 6.81. The average molecular weight is 405 g/mol. The molecule has 1 amide bonds. The molecule has 0 atom stereocenters. The molecule has 3 heterocycles. The molecule has 0 aliphatic heterocycles. The molecule has 4 aromatic rings. The number of alkyl halides is 3. The van der Waals surface area contributed by atoms with Crippen LogP contribution in [0.3, 0.4) is 0 Å². The summed E-state index contributed by atoms with van der Waals surface area (Å²) < 4.78 is 41.2. The summed E-state index contributed by atoms with van der Waals surface area (Å²) in [5, 5.41) is 11.7. The molecule has 3 aromatic heterocycles. The monoisotopic (exact) mass is 405 g/mol. The van der Waals surface area contributed by atoms with Gasteiger partial charge in [0.25, 0.3) is 5.91 Å². The first-order valence-electron chi connectivity index (χ1n) is 8.65. The molecule has 1 fully saturated rings. The second kappa shape index (κ2) is 5.81. The lowest BCUT2D eigenvalue weighted by atomic mass is 10.2. The van der Waals surface area contributed by atoms with Gasteiger partial charge >= 0.3 is 6.18 Å². The zero-order chi connectivity index (χ0) is 19.6. The van der Waals surface area contributed by atoms with E-state index < -0.39 is 11.7 Å². The number of nitrogens with zero attached hydrogens (tertiary/aromatic N) is 4. The van der Waals surface area contributed by atoms with Gasteiger partial charge in [-0.15, -0.1) is 16.4 Å². The second-order valence-corrected chi connectivity index (χ2v) is 7.87. The first-order valence-corrected chi connectivity index (χ1v) is 9.46. The van der Waals surface area contributed by atoms with Crippen LogP contribution in [-0.4, -0.2) is 31.5 Å². The molecule has 144 valence electrons. The molecule has 1 saturated carbocycles. The number of amides is 1. The average Bonchev–Trinajstić information content (AvgIpc) is 3.10. The number of hydrogen-bond acceptors (Lipinski definition) is 4. The fraction of sp³-hybridized carbons (Fsp3) is 0.278. The van der Waals surface area contributed by atoms with Crippen molar-refractivity contribution in [1.29, 1.82) is 0 Å². The maximum absolute atomic E-state index is 12.9. The van der Waals surface area contributed by atoms with Gasteiger partial charge < -0.3 is 5.32 Å². The van der Waals surface area contributed by atoms with Gasteiger partial charge in [-0.1, -0.05) is 0 Å². The van der Waals surface area contributed by atoms with E-state index in [2.05, 4.69) is 15.5 Å². The fourth-order valence-corrected chi connectivity index (χ4v) is 4.21. The maximum Gasteiger partial charge on any atom is 0.416 e. The number of aromatic nitrogens is 4. The number of rotatable bonds is 3. The normalized spacial score (nSPS) is 14.9. The SMILES string of the molecule is Cn1nc2c3sc(C(=O)NC4CC4)cc3n(-c3ccc(C(F)(F)F)cc3)c2n1. The first kappa shape index (κ1) is 17.2. The largest absolute Gasteiger partial charge is 0.416 e. The van der Waals surface area contributed by atoms with Gasteiger partial charge in [-0.3, -0.25) is 9.36 Å². The summed E-state index contributed by atoms with van der Waals surface area (Å²) in [6, 6.07) is 6.87. The molecule has 28 heavy (non-hydrogen) atoms. The Kier molecular flexibility index (Phi) is 3.57. The summed E-state index contributed by atoms with van der Waals surface area (Å²) in [5.74, 6) is -0.139. The van der Waals surface area contributed by atoms with E-state index in [9.17, 15) is 18.0 Å². The molecule has 0 radical (unpaired) electrons. The van der Waals surface area contributed by atoms with Crippen LogP contribution < -0.4 is 5.32 Å². The van der Waals surface area contributed by atoms with Crippen LogP contribution in [0.2, 0.25) is 0 Å². The summed E-state index contributed by atoms with van der Waals surface area (Å²) >= 11 is 1.31. The minimum atomic E-state index is -4.40. The molecule has 5 rings (SSSR count). The number of thiophene rings is 1. The van der Waals surface area contributed by atoms with Gasteiger partial charge in [0, 0.05) is 18.8 Å². The predicted molar refractivity (Wildman–Crippen MR) is 98.7 cm³/mol. The van der Waals surface area contributed by atoms with E-state index in [0.29, 0.717) is 27.2 Å². The van der Waals surface area contributed by atoms with Gasteiger partial charge in [0.15, 0.2) is 5.65 Å². The number of aryl methyl sites for hydroxylation is 1. The van der Waals surface area contributed by atoms with Gasteiger partial charge in [0.05, 0.1) is 20.7 Å². The fourth-order valence-electron chi connectivity index (χ4n) is 3.18. The molecule has 0 unspecified atom stereocenters. The Morgan fingerprint density at radius 3 is 2.57 bits per heavy atom. The topological polar surface area (TPSA) is 64.7 Å². The van der Waals surface area contributed by atoms with Crippen LogP contribution >= 0.6 is 11.3 Å². The van der Waals surface area contributed by atoms with Crippen LogP contribution in [0, 0.1) is 0 Å². The minimum Gasteiger partial charge on any atom is -0.349 e. The van der Waals surface area contributed by atoms with E-state index in [4.69, 9.17) is 0 Å². The Morgan fingerprint density at radius 2 is 1.93 bits per heavy atom. The smallest absolute Gasteiger partial charge is 0.349 e. The van der Waals surface area contributed by atoms with Gasteiger partial charge in [-0.2, -0.15) is 23.1 Å². The highest BCUT2D eigenvalue weighted by atomic mass is 32.1. The molecule has 0 bridgehead atoms. The van der Waals surface area contributed by atoms with Crippen molar-refractivity contribution in [1.82, 2.24) is 24.9 Å². The van der Waals surface area contributed by atoms with E-state index in [1.165, 1.54) is 28.3 Å². The molecule has 1 N–H and O–H groups in total. The van der Waals surface area contributed by atoms with E-state index in [0.717, 1.165) is 29.7 Å². The zero-order valence-corrected chi connectivity index (χ0v) is 15.4. The number of halogens is 3. The third-order valence-corrected chi connectivity index (χ3v) is 5.80. The summed E-state index contributed by atoms with van der Waals surface area (Å²) in [6.45, 7) is 0. The molecule has 0 saturated heterocycles. The van der Waals surface area contributed by atoms with Gasteiger partial charge in [0.1, 0.15) is 5.52 Å². The van der Waals surface area contributed by atoms with Crippen molar-refractivity contribution in [2.75, 3.05) is 0 Å². The minimum absolute atomic E-state index is 0.139. The molecule has 10 heteroatoms. The van der Waals surface area contributed by atoms with E-state index in [1.807, 2.05) is 0 Å². The maximum atomic E-state index is 12.9. The van der Waals surface area contributed by atoms with Crippen molar-refractivity contribution < 1.29 is 18.0 Å². The van der Waals surface area contributed by atoms with Crippen molar-refractivity contribution in [3.8, 4) is 5.69 Å². The number of hydrogen-bond donors (Lipinski definition) is 1. The number of nitrogens with one attached hydrogen (secondary N) is 1. The van der Waals surface area contributed by atoms with Crippen molar-refractivity contribution in [3.05, 3.63) is 40.8 Å². The Morgan fingerprint density at radius 1 is 1.21 bits per heavy atom. The molecule has 1 aliphatic carbocycles. The first-order chi connectivity index (χ1) is 13.3. The standard InChI is InChI=1S/C18H14F3N5OS/c1-25-23-14-15-12(8-13(28-15)17(27)22-10-4-5-10)26(16(14)24-25)11-6-2-9(3-7-11)18(19,20)21/h2-3,6-8,10H,4-5H2,1H3,(H,22,27). The van der Waals surface area contributed by atoms with Crippen molar-refractivity contribution in [3.63, 3.8) is 0 Å². The predicted octanol–water partition coefficient (Wildman–Crippen LogP) is 3.88. The van der Waals surface area contributed by atoms with Crippen LogP contribution in [0.25, 0.3) is 27.1 Å². The van der Waals surface area contributed by atoms with Crippen molar-refractivity contribution in [2.45, 2.75) is 25.1 Å². The zero-order valence-electron chi connectivity index (χ0n) is 14.6. The van der Waals surface area contributed by atoms with E-state index >= 15 is 0 Å². The van der Waals surface area contributed by atoms with Crippen LogP contribution in [0.15, 0.2) is 30.3 Å². The molecule has 6 nitrogen and oxygen atoms in total. The third kappa shape index (κ3) is 2.75. The van der Waals surface area contributed by atoms with Crippen LogP contribution in [0.5, 0.6) is 0 Å². The highest BCUT2D eigenvalue weighted by molar-refractivity contribution is 7.21. The number of benzene rings is 1. The number of carbonyl (C=O) groups is 1. The van der Waals surface area contributed by atoms with Crippen LogP contribution in [0.4, 0.5) is 13.2 Å². The van der Waals surface area contributed by atoms with Crippen LogP contribution in [0.1, 0.15) is 28.1 Å². The molecular weight excluding hydrogens is 391 g/mol. The van der Waals surface area contributed by atoms with Gasteiger partial charge in [0.2, 0.25) is 0 Å². The van der Waals surface area contributed by atoms with Gasteiger partial charge in [-0.25, -0.2) is 0 Å². The lowest BCUT2D eigenvalue weighted by molar-refractivity contribution is -0.137. The summed E-state index contributed by atoms with van der Waals surface area (Å²) in [6.07, 6.45) is -2.42. The molecule has 1 aliphatic rings. The molecular formula is C18H14F3N5OS. The summed E-state index contributed by atoms with van der Waals surface area (Å²) in [7, 11) is 1.68. The summed E-state index contributed by atoms with van der Waals surface area (Å²) in [5.41, 5.74) is 1.67. The van der Waals surface area contributed by atoms with Gasteiger partial charge in [-0.05, 0) is 43.2 Å². The lowest BCUT2D eigenvalue weighted by Gasteiger charge is -2.09. The third-order valence-electron chi connectivity index (χ3n) is 4.67. The Balaban J connectivity index is 1.66.